The number of ether oxygens (including phenoxy) is 1. The van der Waals surface area contributed by atoms with E-state index in [4.69, 9.17) is 17.0 Å². The van der Waals surface area contributed by atoms with Gasteiger partial charge in [0.05, 0.1) is 12.5 Å². The zero-order valence-electron chi connectivity index (χ0n) is 8.90. The van der Waals surface area contributed by atoms with Crippen molar-refractivity contribution in [1.82, 2.24) is 0 Å². The molecule has 15 heavy (non-hydrogen) atoms. The first-order valence-corrected chi connectivity index (χ1v) is 5.33. The average molecular weight is 222 g/mol. The van der Waals surface area contributed by atoms with Crippen LogP contribution in [0.2, 0.25) is 0 Å². The van der Waals surface area contributed by atoms with Gasteiger partial charge in [-0.25, -0.2) is 0 Å². The van der Waals surface area contributed by atoms with E-state index in [9.17, 15) is 4.79 Å². The van der Waals surface area contributed by atoms with Gasteiger partial charge in [-0.3, -0.25) is 4.79 Å². The SMILES string of the molecule is CCOC(=O)C(C)C(=S)c1ccccc1. The van der Waals surface area contributed by atoms with E-state index in [1.807, 2.05) is 30.3 Å². The van der Waals surface area contributed by atoms with Crippen molar-refractivity contribution in [2.45, 2.75) is 13.8 Å². The van der Waals surface area contributed by atoms with E-state index in [2.05, 4.69) is 0 Å². The molecule has 1 aromatic carbocycles. The van der Waals surface area contributed by atoms with Gasteiger partial charge in [0.2, 0.25) is 0 Å². The zero-order valence-corrected chi connectivity index (χ0v) is 9.71. The summed E-state index contributed by atoms with van der Waals surface area (Å²) < 4.78 is 4.92. The molecule has 0 aliphatic rings. The lowest BCUT2D eigenvalue weighted by Gasteiger charge is -2.11. The van der Waals surface area contributed by atoms with E-state index >= 15 is 0 Å². The summed E-state index contributed by atoms with van der Waals surface area (Å²) in [5.41, 5.74) is 0.910. The van der Waals surface area contributed by atoms with Gasteiger partial charge in [0.25, 0.3) is 0 Å². The van der Waals surface area contributed by atoms with Crippen molar-refractivity contribution in [3.8, 4) is 0 Å². The van der Waals surface area contributed by atoms with Crippen molar-refractivity contribution in [2.75, 3.05) is 6.61 Å². The average Bonchev–Trinajstić information content (AvgIpc) is 2.28. The third-order valence-corrected chi connectivity index (χ3v) is 2.68. The molecular weight excluding hydrogens is 208 g/mol. The minimum absolute atomic E-state index is 0.258. The van der Waals surface area contributed by atoms with Crippen molar-refractivity contribution < 1.29 is 9.53 Å². The highest BCUT2D eigenvalue weighted by molar-refractivity contribution is 7.81. The maximum absolute atomic E-state index is 11.4. The summed E-state index contributed by atoms with van der Waals surface area (Å²) >= 11 is 5.23. The lowest BCUT2D eigenvalue weighted by Crippen LogP contribution is -2.22. The smallest absolute Gasteiger partial charge is 0.314 e. The van der Waals surface area contributed by atoms with Gasteiger partial charge in [0.1, 0.15) is 0 Å². The molecule has 0 heterocycles. The number of hydrogen-bond donors (Lipinski definition) is 0. The minimum Gasteiger partial charge on any atom is -0.466 e. The van der Waals surface area contributed by atoms with Crippen LogP contribution in [0.5, 0.6) is 0 Å². The van der Waals surface area contributed by atoms with Crippen LogP contribution in [-0.2, 0) is 9.53 Å². The second kappa shape index (κ2) is 5.61. The molecule has 0 spiro atoms. The third-order valence-electron chi connectivity index (χ3n) is 2.09. The molecule has 1 atom stereocenters. The number of rotatable bonds is 4. The molecule has 0 aliphatic carbocycles. The van der Waals surface area contributed by atoms with Crippen LogP contribution in [0.25, 0.3) is 0 Å². The number of hydrogen-bond acceptors (Lipinski definition) is 3. The van der Waals surface area contributed by atoms with Crippen LogP contribution in [0.1, 0.15) is 19.4 Å². The Labute approximate surface area is 95.3 Å². The van der Waals surface area contributed by atoms with Crippen molar-refractivity contribution in [2.24, 2.45) is 5.92 Å². The van der Waals surface area contributed by atoms with E-state index in [0.29, 0.717) is 11.5 Å². The van der Waals surface area contributed by atoms with Crippen LogP contribution in [0, 0.1) is 5.92 Å². The summed E-state index contributed by atoms with van der Waals surface area (Å²) in [6.45, 7) is 3.95. The highest BCUT2D eigenvalue weighted by Gasteiger charge is 2.19. The minimum atomic E-state index is -0.359. The fourth-order valence-corrected chi connectivity index (χ4v) is 1.46. The summed E-state index contributed by atoms with van der Waals surface area (Å²) in [5.74, 6) is -0.617. The van der Waals surface area contributed by atoms with Gasteiger partial charge in [-0.05, 0) is 19.4 Å². The molecule has 0 aliphatic heterocycles. The van der Waals surface area contributed by atoms with Crippen molar-refractivity contribution in [1.29, 1.82) is 0 Å². The summed E-state index contributed by atoms with van der Waals surface area (Å²) in [6, 6.07) is 9.52. The van der Waals surface area contributed by atoms with Crippen LogP contribution in [0.4, 0.5) is 0 Å². The molecule has 0 fully saturated rings. The topological polar surface area (TPSA) is 26.3 Å². The Morgan fingerprint density at radius 3 is 2.53 bits per heavy atom. The standard InChI is InChI=1S/C12H14O2S/c1-3-14-12(13)9(2)11(15)10-7-5-4-6-8-10/h4-9H,3H2,1-2H3. The van der Waals surface area contributed by atoms with Crippen LogP contribution in [0.3, 0.4) is 0 Å². The lowest BCUT2D eigenvalue weighted by atomic mass is 10.0. The molecule has 1 unspecified atom stereocenters. The molecule has 0 aromatic heterocycles. The molecule has 2 nitrogen and oxygen atoms in total. The van der Waals surface area contributed by atoms with Crippen molar-refractivity contribution in [3.63, 3.8) is 0 Å². The lowest BCUT2D eigenvalue weighted by molar-refractivity contribution is -0.144. The summed E-state index contributed by atoms with van der Waals surface area (Å²) in [7, 11) is 0. The fraction of sp³-hybridized carbons (Fsp3) is 0.333. The largest absolute Gasteiger partial charge is 0.466 e. The predicted octanol–water partition coefficient (Wildman–Crippen LogP) is 2.60. The van der Waals surface area contributed by atoms with Gasteiger partial charge in [-0.2, -0.15) is 0 Å². The number of benzene rings is 1. The molecule has 0 saturated carbocycles. The Bertz CT molecular complexity index is 346. The summed E-state index contributed by atoms with van der Waals surface area (Å²) in [5, 5.41) is 0. The number of thiocarbonyl (C=S) groups is 1. The molecule has 1 aromatic rings. The third kappa shape index (κ3) is 3.13. The molecule has 80 valence electrons. The van der Waals surface area contributed by atoms with Gasteiger partial charge >= 0.3 is 5.97 Å². The maximum Gasteiger partial charge on any atom is 0.314 e. The highest BCUT2D eigenvalue weighted by Crippen LogP contribution is 2.11. The van der Waals surface area contributed by atoms with Gasteiger partial charge < -0.3 is 4.74 Å². The fourth-order valence-electron chi connectivity index (χ4n) is 1.23. The maximum atomic E-state index is 11.4. The Morgan fingerprint density at radius 2 is 2.00 bits per heavy atom. The van der Waals surface area contributed by atoms with E-state index in [-0.39, 0.29) is 11.9 Å². The second-order valence-corrected chi connectivity index (χ2v) is 3.64. The number of carbonyl (C=O) groups is 1. The van der Waals surface area contributed by atoms with Gasteiger partial charge in [0.15, 0.2) is 0 Å². The van der Waals surface area contributed by atoms with E-state index in [0.717, 1.165) is 5.56 Å². The first kappa shape index (κ1) is 11.9. The molecule has 0 radical (unpaired) electrons. The van der Waals surface area contributed by atoms with Crippen LogP contribution in [-0.4, -0.2) is 17.4 Å². The molecule has 0 N–H and O–H groups in total. The highest BCUT2D eigenvalue weighted by atomic mass is 32.1. The van der Waals surface area contributed by atoms with Crippen molar-refractivity contribution >= 4 is 23.1 Å². The molecule has 3 heteroatoms. The summed E-state index contributed by atoms with van der Waals surface area (Å²) in [4.78, 5) is 12.1. The monoisotopic (exact) mass is 222 g/mol. The molecular formula is C12H14O2S. The van der Waals surface area contributed by atoms with Gasteiger partial charge in [-0.15, -0.1) is 0 Å². The quantitative estimate of drug-likeness (QED) is 0.445. The Hall–Kier alpha value is -1.22. The normalized spacial score (nSPS) is 11.9. The predicted molar refractivity (Wildman–Crippen MR) is 63.9 cm³/mol. The van der Waals surface area contributed by atoms with Crippen molar-refractivity contribution in [3.05, 3.63) is 35.9 Å². The molecule has 0 bridgehead atoms. The molecule has 0 saturated heterocycles. The van der Waals surface area contributed by atoms with Crippen LogP contribution in [0.15, 0.2) is 30.3 Å². The molecule has 0 amide bonds. The van der Waals surface area contributed by atoms with E-state index < -0.39 is 0 Å². The van der Waals surface area contributed by atoms with Crippen LogP contribution >= 0.6 is 12.2 Å². The number of carbonyl (C=O) groups excluding carboxylic acids is 1. The number of esters is 1. The molecule has 1 rings (SSSR count). The van der Waals surface area contributed by atoms with Gasteiger partial charge in [-0.1, -0.05) is 42.5 Å². The first-order chi connectivity index (χ1) is 7.16. The van der Waals surface area contributed by atoms with Crippen LogP contribution < -0.4 is 0 Å². The Morgan fingerprint density at radius 1 is 1.40 bits per heavy atom. The van der Waals surface area contributed by atoms with E-state index in [1.165, 1.54) is 0 Å². The Balaban J connectivity index is 2.73. The van der Waals surface area contributed by atoms with Gasteiger partial charge in [0, 0.05) is 4.86 Å². The Kier molecular flexibility index (Phi) is 4.43. The zero-order chi connectivity index (χ0) is 11.3. The first-order valence-electron chi connectivity index (χ1n) is 4.92. The second-order valence-electron chi connectivity index (χ2n) is 3.20. The summed E-state index contributed by atoms with van der Waals surface area (Å²) in [6.07, 6.45) is 0. The van der Waals surface area contributed by atoms with E-state index in [1.54, 1.807) is 13.8 Å².